The summed E-state index contributed by atoms with van der Waals surface area (Å²) in [6.45, 7) is 1.08. The van der Waals surface area contributed by atoms with Crippen molar-refractivity contribution in [3.05, 3.63) is 36.0 Å². The van der Waals surface area contributed by atoms with Crippen LogP contribution in [0.3, 0.4) is 0 Å². The third-order valence-corrected chi connectivity index (χ3v) is 7.18. The summed E-state index contributed by atoms with van der Waals surface area (Å²) in [7, 11) is 0. The van der Waals surface area contributed by atoms with Crippen LogP contribution in [0.1, 0.15) is 56.9 Å². The lowest BCUT2D eigenvalue weighted by molar-refractivity contribution is -0.142. The van der Waals surface area contributed by atoms with Gasteiger partial charge in [-0.3, -0.25) is 19.4 Å². The molecule has 0 fully saturated rings. The lowest BCUT2D eigenvalue weighted by atomic mass is 10.0. The molecule has 0 spiro atoms. The Kier molecular flexibility index (Phi) is 15.7. The molecule has 1 aromatic heterocycles. The summed E-state index contributed by atoms with van der Waals surface area (Å²) in [6, 6.07) is 3.26. The number of nitrogens with one attached hydrogen (secondary N) is 4. The van der Waals surface area contributed by atoms with Crippen LogP contribution in [0.25, 0.3) is 10.9 Å². The van der Waals surface area contributed by atoms with Crippen LogP contribution in [0.2, 0.25) is 0 Å². The molecule has 0 aliphatic carbocycles. The molecule has 0 aliphatic heterocycles. The molecule has 15 nitrogen and oxygen atoms in total. The van der Waals surface area contributed by atoms with Crippen molar-refractivity contribution in [2.75, 3.05) is 19.6 Å². The Bertz CT molecular complexity index is 1250. The molecule has 4 unspecified atom stereocenters. The summed E-state index contributed by atoms with van der Waals surface area (Å²) in [5.41, 5.74) is 29.5. The first kappa shape index (κ1) is 36.0. The van der Waals surface area contributed by atoms with Crippen molar-refractivity contribution in [3.63, 3.8) is 0 Å². The second-order valence-electron chi connectivity index (χ2n) is 10.7. The number of rotatable bonds is 21. The van der Waals surface area contributed by atoms with Gasteiger partial charge in [0.2, 0.25) is 17.7 Å². The normalized spacial score (nSPS) is 13.8. The number of nitrogens with two attached hydrogens (primary N) is 5. The minimum atomic E-state index is -1.24. The molecule has 1 heterocycles. The van der Waals surface area contributed by atoms with Gasteiger partial charge >= 0.3 is 5.97 Å². The first-order valence-electron chi connectivity index (χ1n) is 15.0. The van der Waals surface area contributed by atoms with Gasteiger partial charge in [0, 0.05) is 30.1 Å². The van der Waals surface area contributed by atoms with Gasteiger partial charge in [0.05, 0.1) is 6.04 Å². The number of para-hydroxylation sites is 1. The van der Waals surface area contributed by atoms with E-state index >= 15 is 0 Å². The zero-order valence-electron chi connectivity index (χ0n) is 25.1. The van der Waals surface area contributed by atoms with E-state index in [0.717, 1.165) is 22.9 Å². The number of benzene rings is 1. The molecule has 2 aromatic rings. The molecule has 2 rings (SSSR count). The number of aromatic nitrogens is 1. The molecular formula is C29H48N10O5. The minimum Gasteiger partial charge on any atom is -0.480 e. The van der Waals surface area contributed by atoms with Crippen LogP contribution in [-0.2, 0) is 25.6 Å². The Morgan fingerprint density at radius 3 is 2.05 bits per heavy atom. The molecule has 15 N–H and O–H groups in total. The molecule has 0 aliphatic rings. The number of nitrogens with zero attached hydrogens (tertiary/aromatic N) is 1. The van der Waals surface area contributed by atoms with Crippen molar-refractivity contribution in [1.29, 1.82) is 0 Å². The maximum Gasteiger partial charge on any atom is 0.326 e. The third kappa shape index (κ3) is 12.2. The van der Waals surface area contributed by atoms with Crippen molar-refractivity contribution >= 4 is 40.6 Å². The number of guanidine groups is 1. The van der Waals surface area contributed by atoms with Crippen molar-refractivity contribution in [2.24, 2.45) is 33.7 Å². The number of carbonyl (C=O) groups excluding carboxylic acids is 3. The predicted octanol–water partition coefficient (Wildman–Crippen LogP) is -1.11. The fourth-order valence-corrected chi connectivity index (χ4v) is 4.72. The lowest BCUT2D eigenvalue weighted by Crippen LogP contribution is -2.57. The summed E-state index contributed by atoms with van der Waals surface area (Å²) in [4.78, 5) is 59.0. The summed E-state index contributed by atoms with van der Waals surface area (Å²) >= 11 is 0. The van der Waals surface area contributed by atoms with Gasteiger partial charge in [-0.2, -0.15) is 0 Å². The Balaban J connectivity index is 2.27. The van der Waals surface area contributed by atoms with Crippen molar-refractivity contribution in [3.8, 4) is 0 Å². The van der Waals surface area contributed by atoms with E-state index in [4.69, 9.17) is 28.7 Å². The number of unbranched alkanes of at least 4 members (excludes halogenated alkanes) is 2. The van der Waals surface area contributed by atoms with E-state index in [1.807, 2.05) is 24.3 Å². The summed E-state index contributed by atoms with van der Waals surface area (Å²) in [6.07, 6.45) is 5.40. The molecular weight excluding hydrogens is 568 g/mol. The van der Waals surface area contributed by atoms with Crippen LogP contribution in [0.15, 0.2) is 35.5 Å². The molecule has 0 saturated heterocycles. The number of hydrogen-bond donors (Lipinski definition) is 10. The lowest BCUT2D eigenvalue weighted by Gasteiger charge is -2.25. The van der Waals surface area contributed by atoms with Gasteiger partial charge < -0.3 is 54.7 Å². The molecule has 44 heavy (non-hydrogen) atoms. The molecule has 0 bridgehead atoms. The number of carboxylic acids is 1. The van der Waals surface area contributed by atoms with E-state index in [2.05, 4.69) is 25.9 Å². The second-order valence-corrected chi connectivity index (χ2v) is 10.7. The monoisotopic (exact) mass is 616 g/mol. The maximum absolute atomic E-state index is 13.6. The van der Waals surface area contributed by atoms with Crippen LogP contribution in [-0.4, -0.2) is 83.5 Å². The van der Waals surface area contributed by atoms with Gasteiger partial charge in [-0.1, -0.05) is 24.6 Å². The van der Waals surface area contributed by atoms with Crippen LogP contribution in [0.4, 0.5) is 0 Å². The average Bonchev–Trinajstić information content (AvgIpc) is 3.40. The quantitative estimate of drug-likeness (QED) is 0.0458. The minimum absolute atomic E-state index is 0.0595. The smallest absolute Gasteiger partial charge is 0.326 e. The predicted molar refractivity (Wildman–Crippen MR) is 169 cm³/mol. The zero-order valence-corrected chi connectivity index (χ0v) is 25.1. The fraction of sp³-hybridized carbons (Fsp3) is 0.552. The topological polar surface area (TPSA) is 283 Å². The maximum atomic E-state index is 13.6. The first-order valence-corrected chi connectivity index (χ1v) is 15.0. The van der Waals surface area contributed by atoms with E-state index in [-0.39, 0.29) is 31.8 Å². The highest BCUT2D eigenvalue weighted by Crippen LogP contribution is 2.19. The molecule has 0 radical (unpaired) electrons. The number of aromatic amines is 1. The van der Waals surface area contributed by atoms with E-state index in [1.54, 1.807) is 6.20 Å². The number of hydrogen-bond acceptors (Lipinski definition) is 8. The number of amides is 3. The number of aliphatic imine (C=N–C) groups is 1. The Labute approximate surface area is 257 Å². The van der Waals surface area contributed by atoms with E-state index < -0.39 is 47.9 Å². The van der Waals surface area contributed by atoms with E-state index in [0.29, 0.717) is 45.2 Å². The van der Waals surface area contributed by atoms with Crippen molar-refractivity contribution < 1.29 is 24.3 Å². The number of carbonyl (C=O) groups is 4. The molecule has 3 amide bonds. The van der Waals surface area contributed by atoms with Gasteiger partial charge in [0.1, 0.15) is 18.1 Å². The van der Waals surface area contributed by atoms with Crippen molar-refractivity contribution in [2.45, 2.75) is 82.0 Å². The number of aliphatic carboxylic acids is 1. The number of fused-ring (bicyclic) bond motifs is 1. The average molecular weight is 617 g/mol. The van der Waals surface area contributed by atoms with Gasteiger partial charge in [-0.25, -0.2) is 4.79 Å². The number of H-pyrrole nitrogens is 1. The van der Waals surface area contributed by atoms with Gasteiger partial charge in [0.25, 0.3) is 0 Å². The zero-order chi connectivity index (χ0) is 32.5. The van der Waals surface area contributed by atoms with Gasteiger partial charge in [0.15, 0.2) is 5.96 Å². The summed E-state index contributed by atoms with van der Waals surface area (Å²) in [5, 5.41) is 18.6. The van der Waals surface area contributed by atoms with E-state index in [9.17, 15) is 24.3 Å². The molecule has 4 atom stereocenters. The SMILES string of the molecule is NCCCCC(N)C(=O)NC(CCCCN)C(=O)NC(Cc1c[nH]c2ccccc12)C(=O)NC(CCCN=C(N)N)C(=O)O. The van der Waals surface area contributed by atoms with Crippen LogP contribution in [0, 0.1) is 0 Å². The highest BCUT2D eigenvalue weighted by molar-refractivity contribution is 5.94. The fourth-order valence-electron chi connectivity index (χ4n) is 4.72. The first-order chi connectivity index (χ1) is 21.1. The molecule has 1 aromatic carbocycles. The van der Waals surface area contributed by atoms with Gasteiger partial charge in [-0.15, -0.1) is 0 Å². The van der Waals surface area contributed by atoms with Crippen LogP contribution in [0.5, 0.6) is 0 Å². The second kappa shape index (κ2) is 19.1. The van der Waals surface area contributed by atoms with Crippen LogP contribution >= 0.6 is 0 Å². The molecule has 0 saturated carbocycles. The molecule has 244 valence electrons. The van der Waals surface area contributed by atoms with Crippen LogP contribution < -0.4 is 44.6 Å². The van der Waals surface area contributed by atoms with E-state index in [1.165, 1.54) is 0 Å². The summed E-state index contributed by atoms with van der Waals surface area (Å²) in [5.74, 6) is -3.13. The highest BCUT2D eigenvalue weighted by Gasteiger charge is 2.31. The Hall–Kier alpha value is -4.21. The standard InChI is InChI=1S/C29H48N10O5/c30-13-5-3-9-20(32)25(40)37-22(11-4-6-14-31)26(41)39-24(16-18-17-36-21-10-2-1-8-19(18)21)27(42)38-23(28(43)44)12-7-15-35-29(33)34/h1-2,8,10,17,20,22-24,36H,3-7,9,11-16,30-32H2,(H,37,40)(H,38,42)(H,39,41)(H,43,44)(H4,33,34,35). The van der Waals surface area contributed by atoms with Gasteiger partial charge in [-0.05, 0) is 69.7 Å². The number of carboxylic acid groups (broad SMARTS) is 1. The Morgan fingerprint density at radius 1 is 0.795 bits per heavy atom. The summed E-state index contributed by atoms with van der Waals surface area (Å²) < 4.78 is 0. The highest BCUT2D eigenvalue weighted by atomic mass is 16.4. The molecule has 15 heteroatoms. The Morgan fingerprint density at radius 2 is 1.39 bits per heavy atom. The largest absolute Gasteiger partial charge is 0.480 e. The van der Waals surface area contributed by atoms with Crippen molar-refractivity contribution in [1.82, 2.24) is 20.9 Å². The third-order valence-electron chi connectivity index (χ3n) is 7.18.